The summed E-state index contributed by atoms with van der Waals surface area (Å²) in [4.78, 5) is 11.9. The molecule has 15 heavy (non-hydrogen) atoms. The zero-order valence-electron chi connectivity index (χ0n) is 9.59. The van der Waals surface area contributed by atoms with Gasteiger partial charge in [0.1, 0.15) is 0 Å². The summed E-state index contributed by atoms with van der Waals surface area (Å²) in [5.74, 6) is 1.09. The Morgan fingerprint density at radius 2 is 2.20 bits per heavy atom. The van der Waals surface area contributed by atoms with Crippen LogP contribution in [0.15, 0.2) is 0 Å². The summed E-state index contributed by atoms with van der Waals surface area (Å²) in [5, 5.41) is 3.09. The number of hydrogen-bond acceptors (Lipinski definition) is 2. The Kier molecular flexibility index (Phi) is 3.01. The van der Waals surface area contributed by atoms with Gasteiger partial charge in [-0.2, -0.15) is 0 Å². The highest BCUT2D eigenvalue weighted by molar-refractivity contribution is 5.79. The smallest absolute Gasteiger partial charge is 0.223 e. The van der Waals surface area contributed by atoms with E-state index in [0.29, 0.717) is 12.5 Å². The Morgan fingerprint density at radius 1 is 1.47 bits per heavy atom. The van der Waals surface area contributed by atoms with Gasteiger partial charge in [-0.25, -0.2) is 0 Å². The maximum absolute atomic E-state index is 11.9. The van der Waals surface area contributed by atoms with Gasteiger partial charge >= 0.3 is 0 Å². The van der Waals surface area contributed by atoms with Crippen LogP contribution in [0, 0.1) is 17.3 Å². The summed E-state index contributed by atoms with van der Waals surface area (Å²) >= 11 is 0. The van der Waals surface area contributed by atoms with Gasteiger partial charge in [0.25, 0.3) is 0 Å². The van der Waals surface area contributed by atoms with Gasteiger partial charge in [-0.3, -0.25) is 4.79 Å². The summed E-state index contributed by atoms with van der Waals surface area (Å²) in [6.07, 6.45) is 5.86. The molecule has 0 spiro atoms. The number of amides is 1. The molecular formula is C12H22N2O. The van der Waals surface area contributed by atoms with Crippen molar-refractivity contribution < 1.29 is 4.79 Å². The fourth-order valence-electron chi connectivity index (χ4n) is 2.57. The monoisotopic (exact) mass is 210 g/mol. The highest BCUT2D eigenvalue weighted by Gasteiger charge is 2.42. The molecule has 3 heteroatoms. The molecule has 0 bridgehead atoms. The molecule has 2 unspecified atom stereocenters. The number of carbonyl (C=O) groups excluding carboxylic acids is 1. The fourth-order valence-corrected chi connectivity index (χ4v) is 2.57. The average molecular weight is 210 g/mol. The van der Waals surface area contributed by atoms with Crippen molar-refractivity contribution in [3.8, 4) is 0 Å². The van der Waals surface area contributed by atoms with Crippen LogP contribution in [-0.4, -0.2) is 19.0 Å². The van der Waals surface area contributed by atoms with Crippen LogP contribution in [0.2, 0.25) is 0 Å². The van der Waals surface area contributed by atoms with E-state index in [9.17, 15) is 4.79 Å². The lowest BCUT2D eigenvalue weighted by molar-refractivity contribution is -0.126. The first-order valence-corrected chi connectivity index (χ1v) is 6.15. The van der Waals surface area contributed by atoms with E-state index in [2.05, 4.69) is 12.2 Å². The zero-order valence-corrected chi connectivity index (χ0v) is 9.59. The molecule has 3 N–H and O–H groups in total. The van der Waals surface area contributed by atoms with Gasteiger partial charge in [0.05, 0.1) is 0 Å². The summed E-state index contributed by atoms with van der Waals surface area (Å²) in [5.41, 5.74) is 5.95. The third-order valence-electron chi connectivity index (χ3n) is 4.23. The maximum atomic E-state index is 11.9. The minimum absolute atomic E-state index is 0.261. The van der Waals surface area contributed by atoms with Gasteiger partial charge in [-0.15, -0.1) is 0 Å². The largest absolute Gasteiger partial charge is 0.355 e. The highest BCUT2D eigenvalue weighted by atomic mass is 16.1. The summed E-state index contributed by atoms with van der Waals surface area (Å²) in [6, 6.07) is 0. The molecule has 0 saturated heterocycles. The summed E-state index contributed by atoms with van der Waals surface area (Å²) in [6.45, 7) is 3.70. The van der Waals surface area contributed by atoms with E-state index in [1.807, 2.05) is 0 Å². The Bertz CT molecular complexity index is 248. The van der Waals surface area contributed by atoms with Gasteiger partial charge in [0.2, 0.25) is 5.91 Å². The number of nitrogens with one attached hydrogen (secondary N) is 1. The van der Waals surface area contributed by atoms with Crippen molar-refractivity contribution in [1.82, 2.24) is 5.32 Å². The van der Waals surface area contributed by atoms with Crippen LogP contribution in [0.3, 0.4) is 0 Å². The first-order chi connectivity index (χ1) is 7.17. The first kappa shape index (κ1) is 10.9. The van der Waals surface area contributed by atoms with Crippen LogP contribution in [0.4, 0.5) is 0 Å². The molecule has 0 radical (unpaired) electrons. The van der Waals surface area contributed by atoms with Crippen molar-refractivity contribution in [2.45, 2.75) is 39.0 Å². The van der Waals surface area contributed by atoms with Crippen molar-refractivity contribution in [3.63, 3.8) is 0 Å². The van der Waals surface area contributed by atoms with Crippen LogP contribution >= 0.6 is 0 Å². The summed E-state index contributed by atoms with van der Waals surface area (Å²) in [7, 11) is 0. The lowest BCUT2D eigenvalue weighted by Gasteiger charge is -2.18. The van der Waals surface area contributed by atoms with E-state index < -0.39 is 0 Å². The summed E-state index contributed by atoms with van der Waals surface area (Å²) < 4.78 is 0. The molecule has 0 aromatic carbocycles. The fraction of sp³-hybridized carbons (Fsp3) is 0.917. The predicted molar refractivity (Wildman–Crippen MR) is 60.2 cm³/mol. The molecular weight excluding hydrogens is 188 g/mol. The first-order valence-electron chi connectivity index (χ1n) is 6.15. The predicted octanol–water partition coefficient (Wildman–Crippen LogP) is 1.28. The second-order valence-electron chi connectivity index (χ2n) is 5.44. The second kappa shape index (κ2) is 4.12. The molecule has 0 aromatic heterocycles. The Morgan fingerprint density at radius 3 is 2.67 bits per heavy atom. The van der Waals surface area contributed by atoms with E-state index in [-0.39, 0.29) is 17.2 Å². The Balaban J connectivity index is 1.77. The topological polar surface area (TPSA) is 55.1 Å². The highest BCUT2D eigenvalue weighted by Crippen LogP contribution is 2.43. The van der Waals surface area contributed by atoms with Gasteiger partial charge < -0.3 is 11.1 Å². The van der Waals surface area contributed by atoms with Gasteiger partial charge in [0, 0.05) is 12.5 Å². The maximum Gasteiger partial charge on any atom is 0.223 e. The van der Waals surface area contributed by atoms with E-state index in [1.54, 1.807) is 0 Å². The van der Waals surface area contributed by atoms with Crippen LogP contribution in [0.1, 0.15) is 39.0 Å². The van der Waals surface area contributed by atoms with Crippen LogP contribution < -0.4 is 11.1 Å². The molecule has 2 atom stereocenters. The van der Waals surface area contributed by atoms with Crippen molar-refractivity contribution in [2.24, 2.45) is 23.0 Å². The molecule has 1 amide bonds. The van der Waals surface area contributed by atoms with Crippen LogP contribution in [0.25, 0.3) is 0 Å². The molecule has 0 aromatic rings. The van der Waals surface area contributed by atoms with Crippen molar-refractivity contribution >= 4 is 5.91 Å². The lowest BCUT2D eigenvalue weighted by Crippen LogP contribution is -2.38. The minimum atomic E-state index is 0.261. The molecule has 0 aliphatic heterocycles. The van der Waals surface area contributed by atoms with Gasteiger partial charge in [0.15, 0.2) is 0 Å². The standard InChI is InChI=1S/C12H22N2O/c1-9-3-2-4-10(9)11(15)14-8-12(7-13)5-6-12/h9-10H,2-8,13H2,1H3,(H,14,15). The Hall–Kier alpha value is -0.570. The van der Waals surface area contributed by atoms with E-state index >= 15 is 0 Å². The zero-order chi connectivity index (χ0) is 10.9. The van der Waals surface area contributed by atoms with Gasteiger partial charge in [-0.1, -0.05) is 13.3 Å². The number of carbonyl (C=O) groups is 1. The Labute approximate surface area is 91.8 Å². The van der Waals surface area contributed by atoms with E-state index in [1.165, 1.54) is 25.7 Å². The van der Waals surface area contributed by atoms with Crippen LogP contribution in [-0.2, 0) is 4.79 Å². The van der Waals surface area contributed by atoms with Crippen molar-refractivity contribution in [2.75, 3.05) is 13.1 Å². The third kappa shape index (κ3) is 2.33. The van der Waals surface area contributed by atoms with Crippen LogP contribution in [0.5, 0.6) is 0 Å². The molecule has 2 fully saturated rings. The molecule has 0 heterocycles. The average Bonchev–Trinajstić information content (AvgIpc) is 2.91. The minimum Gasteiger partial charge on any atom is -0.355 e. The normalized spacial score (nSPS) is 32.7. The third-order valence-corrected chi connectivity index (χ3v) is 4.23. The number of rotatable bonds is 4. The molecule has 3 nitrogen and oxygen atoms in total. The van der Waals surface area contributed by atoms with E-state index in [4.69, 9.17) is 5.73 Å². The second-order valence-corrected chi connectivity index (χ2v) is 5.44. The quantitative estimate of drug-likeness (QED) is 0.734. The SMILES string of the molecule is CC1CCCC1C(=O)NCC1(CN)CC1. The molecule has 2 rings (SSSR count). The molecule has 2 saturated carbocycles. The lowest BCUT2D eigenvalue weighted by atomic mass is 9.97. The number of nitrogens with two attached hydrogens (primary N) is 1. The van der Waals surface area contributed by atoms with Crippen molar-refractivity contribution in [1.29, 1.82) is 0 Å². The van der Waals surface area contributed by atoms with Gasteiger partial charge in [-0.05, 0) is 43.6 Å². The van der Waals surface area contributed by atoms with E-state index in [0.717, 1.165) is 13.0 Å². The number of hydrogen-bond donors (Lipinski definition) is 2. The molecule has 2 aliphatic rings. The van der Waals surface area contributed by atoms with Crippen molar-refractivity contribution in [3.05, 3.63) is 0 Å². The molecule has 86 valence electrons. The molecule has 2 aliphatic carbocycles.